The number of hydrogen-bond acceptors (Lipinski definition) is 2. The highest BCUT2D eigenvalue weighted by molar-refractivity contribution is 5.51. The van der Waals surface area contributed by atoms with Crippen molar-refractivity contribution < 1.29 is 0 Å². The smallest absolute Gasteiger partial charge is 0.0374 e. The molecule has 2 nitrogen and oxygen atoms in total. The summed E-state index contributed by atoms with van der Waals surface area (Å²) in [4.78, 5) is 2.44. The lowest BCUT2D eigenvalue weighted by Crippen LogP contribution is -2.23. The van der Waals surface area contributed by atoms with Crippen LogP contribution in [0.2, 0.25) is 0 Å². The summed E-state index contributed by atoms with van der Waals surface area (Å²) in [7, 11) is 2.22. The number of para-hydroxylation sites is 1. The van der Waals surface area contributed by atoms with Crippen molar-refractivity contribution in [3.63, 3.8) is 0 Å². The van der Waals surface area contributed by atoms with Crippen molar-refractivity contribution in [1.82, 2.24) is 4.90 Å². The highest BCUT2D eigenvalue weighted by Crippen LogP contribution is 2.20. The lowest BCUT2D eigenvalue weighted by molar-refractivity contribution is 0.348. The first-order chi connectivity index (χ1) is 8.29. The molecule has 1 aliphatic rings. The Kier molecular flexibility index (Phi) is 4.43. The second-order valence-corrected chi connectivity index (χ2v) is 5.09. The summed E-state index contributed by atoms with van der Waals surface area (Å²) in [6, 6.07) is 9.35. The minimum Gasteiger partial charge on any atom is -0.382 e. The Labute approximate surface area is 105 Å². The zero-order valence-electron chi connectivity index (χ0n) is 11.1. The minimum absolute atomic E-state index is 0.646. The number of benzene rings is 1. The highest BCUT2D eigenvalue weighted by Gasteiger charge is 2.15. The third-order valence-electron chi connectivity index (χ3n) is 3.71. The van der Waals surface area contributed by atoms with Crippen LogP contribution >= 0.6 is 0 Å². The van der Waals surface area contributed by atoms with Crippen LogP contribution in [-0.4, -0.2) is 31.1 Å². The summed E-state index contributed by atoms with van der Waals surface area (Å²) in [5, 5.41) is 3.73. The molecule has 1 unspecified atom stereocenters. The first kappa shape index (κ1) is 12.4. The molecule has 1 saturated heterocycles. The molecule has 0 saturated carbocycles. The van der Waals surface area contributed by atoms with Gasteiger partial charge in [0.2, 0.25) is 0 Å². The van der Waals surface area contributed by atoms with Crippen LogP contribution in [0, 0.1) is 0 Å². The summed E-state index contributed by atoms with van der Waals surface area (Å²) in [5.74, 6) is 0. The van der Waals surface area contributed by atoms with Gasteiger partial charge < -0.3 is 10.2 Å². The summed E-state index contributed by atoms with van der Waals surface area (Å²) < 4.78 is 0. The van der Waals surface area contributed by atoms with Gasteiger partial charge in [-0.15, -0.1) is 0 Å². The molecule has 0 radical (unpaired) electrons. The van der Waals surface area contributed by atoms with Crippen molar-refractivity contribution in [2.45, 2.75) is 38.6 Å². The fraction of sp³-hybridized carbons (Fsp3) is 0.600. The topological polar surface area (TPSA) is 15.3 Å². The average molecular weight is 232 g/mol. The monoisotopic (exact) mass is 232 g/mol. The summed E-state index contributed by atoms with van der Waals surface area (Å²) in [6.45, 7) is 4.68. The SMILES string of the molecule is CCc1ccccc1NC1CCCN(C)CC1. The first-order valence-corrected chi connectivity index (χ1v) is 6.82. The third-order valence-corrected chi connectivity index (χ3v) is 3.71. The normalized spacial score (nSPS) is 22.1. The van der Waals surface area contributed by atoms with Crippen LogP contribution in [0.25, 0.3) is 0 Å². The third kappa shape index (κ3) is 3.47. The Morgan fingerprint density at radius 3 is 2.88 bits per heavy atom. The minimum atomic E-state index is 0.646. The van der Waals surface area contributed by atoms with Crippen molar-refractivity contribution >= 4 is 5.69 Å². The van der Waals surface area contributed by atoms with E-state index in [9.17, 15) is 0 Å². The highest BCUT2D eigenvalue weighted by atomic mass is 15.1. The lowest BCUT2D eigenvalue weighted by Gasteiger charge is -2.20. The number of nitrogens with zero attached hydrogens (tertiary/aromatic N) is 1. The quantitative estimate of drug-likeness (QED) is 0.861. The lowest BCUT2D eigenvalue weighted by atomic mass is 10.1. The van der Waals surface area contributed by atoms with Gasteiger partial charge in [-0.2, -0.15) is 0 Å². The van der Waals surface area contributed by atoms with Crippen molar-refractivity contribution in [2.75, 3.05) is 25.5 Å². The van der Waals surface area contributed by atoms with Gasteiger partial charge in [-0.1, -0.05) is 25.1 Å². The van der Waals surface area contributed by atoms with Crippen LogP contribution in [0.3, 0.4) is 0 Å². The molecular weight excluding hydrogens is 208 g/mol. The molecule has 0 aliphatic carbocycles. The summed E-state index contributed by atoms with van der Waals surface area (Å²) >= 11 is 0. The van der Waals surface area contributed by atoms with Gasteiger partial charge in [0.05, 0.1) is 0 Å². The van der Waals surface area contributed by atoms with E-state index in [0.717, 1.165) is 6.42 Å². The Morgan fingerprint density at radius 1 is 1.24 bits per heavy atom. The Balaban J connectivity index is 1.99. The van der Waals surface area contributed by atoms with Gasteiger partial charge >= 0.3 is 0 Å². The van der Waals surface area contributed by atoms with Gasteiger partial charge in [0.1, 0.15) is 0 Å². The van der Waals surface area contributed by atoms with Gasteiger partial charge in [0, 0.05) is 11.7 Å². The number of rotatable bonds is 3. The number of likely N-dealkylation sites (tertiary alicyclic amines) is 1. The Morgan fingerprint density at radius 2 is 2.06 bits per heavy atom. The number of nitrogens with one attached hydrogen (secondary N) is 1. The summed E-state index contributed by atoms with van der Waals surface area (Å²) in [6.07, 6.45) is 4.97. The van der Waals surface area contributed by atoms with Crippen molar-refractivity contribution in [3.05, 3.63) is 29.8 Å². The predicted octanol–water partition coefficient (Wildman–Crippen LogP) is 3.15. The molecule has 1 atom stereocenters. The Bertz CT molecular complexity index is 349. The van der Waals surface area contributed by atoms with Gasteiger partial charge in [-0.3, -0.25) is 0 Å². The van der Waals surface area contributed by atoms with E-state index < -0.39 is 0 Å². The average Bonchev–Trinajstić information content (AvgIpc) is 2.55. The fourth-order valence-corrected chi connectivity index (χ4v) is 2.57. The number of hydrogen-bond donors (Lipinski definition) is 1. The van der Waals surface area contributed by atoms with Gasteiger partial charge in [0.25, 0.3) is 0 Å². The van der Waals surface area contributed by atoms with Crippen LogP contribution in [0.4, 0.5) is 5.69 Å². The Hall–Kier alpha value is -1.02. The van der Waals surface area contributed by atoms with Gasteiger partial charge in [-0.05, 0) is 57.5 Å². The van der Waals surface area contributed by atoms with E-state index in [1.54, 1.807) is 0 Å². The maximum Gasteiger partial charge on any atom is 0.0374 e. The second-order valence-electron chi connectivity index (χ2n) is 5.09. The van der Waals surface area contributed by atoms with Crippen molar-refractivity contribution in [3.8, 4) is 0 Å². The molecule has 0 bridgehead atoms. The largest absolute Gasteiger partial charge is 0.382 e. The van der Waals surface area contributed by atoms with Gasteiger partial charge in [-0.25, -0.2) is 0 Å². The van der Waals surface area contributed by atoms with Crippen LogP contribution < -0.4 is 5.32 Å². The predicted molar refractivity (Wildman–Crippen MR) is 74.6 cm³/mol. The van der Waals surface area contributed by atoms with Crippen LogP contribution in [0.1, 0.15) is 31.7 Å². The first-order valence-electron chi connectivity index (χ1n) is 6.82. The zero-order chi connectivity index (χ0) is 12.1. The molecule has 0 amide bonds. The number of anilines is 1. The van der Waals surface area contributed by atoms with Crippen LogP contribution in [0.5, 0.6) is 0 Å². The molecule has 1 aromatic carbocycles. The number of aryl methyl sites for hydroxylation is 1. The fourth-order valence-electron chi connectivity index (χ4n) is 2.57. The van der Waals surface area contributed by atoms with E-state index in [1.807, 2.05) is 0 Å². The van der Waals surface area contributed by atoms with Crippen molar-refractivity contribution in [1.29, 1.82) is 0 Å². The van der Waals surface area contributed by atoms with E-state index in [1.165, 1.54) is 43.6 Å². The molecule has 1 fully saturated rings. The second kappa shape index (κ2) is 6.06. The molecule has 0 aromatic heterocycles. The van der Waals surface area contributed by atoms with Crippen LogP contribution in [-0.2, 0) is 6.42 Å². The molecule has 2 heteroatoms. The maximum absolute atomic E-state index is 3.73. The molecule has 1 N–H and O–H groups in total. The molecule has 1 aliphatic heterocycles. The van der Waals surface area contributed by atoms with E-state index in [2.05, 4.69) is 48.5 Å². The maximum atomic E-state index is 3.73. The van der Waals surface area contributed by atoms with Crippen molar-refractivity contribution in [2.24, 2.45) is 0 Å². The van der Waals surface area contributed by atoms with Crippen LogP contribution in [0.15, 0.2) is 24.3 Å². The van der Waals surface area contributed by atoms with E-state index in [4.69, 9.17) is 0 Å². The van der Waals surface area contributed by atoms with E-state index >= 15 is 0 Å². The summed E-state index contributed by atoms with van der Waals surface area (Å²) in [5.41, 5.74) is 2.77. The molecule has 17 heavy (non-hydrogen) atoms. The zero-order valence-corrected chi connectivity index (χ0v) is 11.1. The van der Waals surface area contributed by atoms with Gasteiger partial charge in [0.15, 0.2) is 0 Å². The molecular formula is C15H24N2. The molecule has 1 heterocycles. The molecule has 94 valence electrons. The standard InChI is InChI=1S/C15H24N2/c1-3-13-7-4-5-9-15(13)16-14-8-6-11-17(2)12-10-14/h4-5,7,9,14,16H,3,6,8,10-12H2,1-2H3. The molecule has 1 aromatic rings. The molecule has 2 rings (SSSR count). The van der Waals surface area contributed by atoms with E-state index in [-0.39, 0.29) is 0 Å². The molecule has 0 spiro atoms. The van der Waals surface area contributed by atoms with E-state index in [0.29, 0.717) is 6.04 Å².